The Bertz CT molecular complexity index is 351. The van der Waals surface area contributed by atoms with Crippen LogP contribution in [-0.4, -0.2) is 5.78 Å². The second-order valence-corrected chi connectivity index (χ2v) is 4.04. The van der Waals surface area contributed by atoms with Crippen molar-refractivity contribution < 1.29 is 4.79 Å². The van der Waals surface area contributed by atoms with Crippen LogP contribution in [0.3, 0.4) is 0 Å². The van der Waals surface area contributed by atoms with E-state index in [1.165, 1.54) is 6.08 Å². The van der Waals surface area contributed by atoms with Gasteiger partial charge in [-0.2, -0.15) is 0 Å². The molecule has 0 bridgehead atoms. The van der Waals surface area contributed by atoms with Crippen molar-refractivity contribution in [2.24, 2.45) is 0 Å². The first kappa shape index (κ1) is 10.8. The standard InChI is InChI=1S/C9H5BrCl2O/c1-2-8(13)9-6(11)3-5(10)4-7(9)12/h2-4H,1H2. The number of hydrogen-bond donors (Lipinski definition) is 0. The number of rotatable bonds is 2. The molecule has 0 radical (unpaired) electrons. The summed E-state index contributed by atoms with van der Waals surface area (Å²) in [6.07, 6.45) is 1.18. The van der Waals surface area contributed by atoms with Crippen LogP contribution in [0.25, 0.3) is 0 Å². The lowest BCUT2D eigenvalue weighted by Gasteiger charge is -2.03. The molecule has 0 heterocycles. The van der Waals surface area contributed by atoms with Gasteiger partial charge in [-0.3, -0.25) is 4.79 Å². The molecule has 0 saturated heterocycles. The van der Waals surface area contributed by atoms with Crippen molar-refractivity contribution in [2.75, 3.05) is 0 Å². The fourth-order valence-electron chi connectivity index (χ4n) is 0.880. The molecule has 0 atom stereocenters. The van der Waals surface area contributed by atoms with Crippen LogP contribution in [0.1, 0.15) is 10.4 Å². The molecule has 0 saturated carbocycles. The summed E-state index contributed by atoms with van der Waals surface area (Å²) >= 11 is 14.9. The summed E-state index contributed by atoms with van der Waals surface area (Å²) in [5.41, 5.74) is 0.293. The lowest BCUT2D eigenvalue weighted by molar-refractivity contribution is 0.104. The van der Waals surface area contributed by atoms with E-state index in [4.69, 9.17) is 23.2 Å². The predicted octanol–water partition coefficient (Wildman–Crippen LogP) is 4.12. The molecule has 4 heteroatoms. The summed E-state index contributed by atoms with van der Waals surface area (Å²) in [6.45, 7) is 3.36. The van der Waals surface area contributed by atoms with E-state index in [-0.39, 0.29) is 5.78 Å². The summed E-state index contributed by atoms with van der Waals surface area (Å²) in [5, 5.41) is 0.647. The summed E-state index contributed by atoms with van der Waals surface area (Å²) < 4.78 is 0.739. The van der Waals surface area contributed by atoms with Crippen molar-refractivity contribution in [1.29, 1.82) is 0 Å². The fourth-order valence-corrected chi connectivity index (χ4v) is 2.27. The van der Waals surface area contributed by atoms with Gasteiger partial charge in [-0.25, -0.2) is 0 Å². The van der Waals surface area contributed by atoms with Crippen molar-refractivity contribution in [1.82, 2.24) is 0 Å². The van der Waals surface area contributed by atoms with Gasteiger partial charge in [0.15, 0.2) is 5.78 Å². The monoisotopic (exact) mass is 278 g/mol. The Hall–Kier alpha value is -0.310. The summed E-state index contributed by atoms with van der Waals surface area (Å²) in [7, 11) is 0. The minimum absolute atomic E-state index is 0.275. The molecule has 0 spiro atoms. The first-order valence-electron chi connectivity index (χ1n) is 3.37. The normalized spacial score (nSPS) is 9.77. The van der Waals surface area contributed by atoms with E-state index >= 15 is 0 Å². The third-order valence-electron chi connectivity index (χ3n) is 1.44. The summed E-state index contributed by atoms with van der Waals surface area (Å²) in [4.78, 5) is 11.3. The Morgan fingerprint density at radius 1 is 1.38 bits per heavy atom. The van der Waals surface area contributed by atoms with Gasteiger partial charge >= 0.3 is 0 Å². The van der Waals surface area contributed by atoms with Crippen LogP contribution >= 0.6 is 39.1 Å². The van der Waals surface area contributed by atoms with Crippen molar-refractivity contribution >= 4 is 44.9 Å². The van der Waals surface area contributed by atoms with Gasteiger partial charge < -0.3 is 0 Å². The highest BCUT2D eigenvalue weighted by Crippen LogP contribution is 2.29. The smallest absolute Gasteiger partial charge is 0.188 e. The average molecular weight is 280 g/mol. The summed E-state index contributed by atoms with van der Waals surface area (Å²) in [6, 6.07) is 3.23. The first-order valence-corrected chi connectivity index (χ1v) is 4.92. The van der Waals surface area contributed by atoms with Gasteiger partial charge in [0.05, 0.1) is 15.6 Å². The second-order valence-electron chi connectivity index (χ2n) is 2.31. The zero-order chi connectivity index (χ0) is 10.0. The molecule has 0 aliphatic rings. The van der Waals surface area contributed by atoms with E-state index in [1.807, 2.05) is 0 Å². The maximum Gasteiger partial charge on any atom is 0.188 e. The molecular formula is C9H5BrCl2O. The molecule has 0 aliphatic carbocycles. The quantitative estimate of drug-likeness (QED) is 0.588. The fraction of sp³-hybridized carbons (Fsp3) is 0. The molecule has 0 aromatic heterocycles. The number of ketones is 1. The molecule has 0 N–H and O–H groups in total. The van der Waals surface area contributed by atoms with Crippen molar-refractivity contribution in [3.63, 3.8) is 0 Å². The maximum atomic E-state index is 11.3. The lowest BCUT2D eigenvalue weighted by atomic mass is 10.1. The Morgan fingerprint density at radius 3 is 2.23 bits per heavy atom. The lowest BCUT2D eigenvalue weighted by Crippen LogP contribution is -1.96. The Balaban J connectivity index is 3.36. The van der Waals surface area contributed by atoms with Gasteiger partial charge in [0.1, 0.15) is 0 Å². The van der Waals surface area contributed by atoms with E-state index in [2.05, 4.69) is 22.5 Å². The number of benzene rings is 1. The van der Waals surface area contributed by atoms with Crippen LogP contribution in [0.15, 0.2) is 29.3 Å². The van der Waals surface area contributed by atoms with Crippen LogP contribution in [0, 0.1) is 0 Å². The topological polar surface area (TPSA) is 17.1 Å². The van der Waals surface area contributed by atoms with E-state index in [9.17, 15) is 4.79 Å². The molecule has 0 unspecified atom stereocenters. The van der Waals surface area contributed by atoms with E-state index in [1.54, 1.807) is 12.1 Å². The predicted molar refractivity (Wildman–Crippen MR) is 58.7 cm³/mol. The Labute approximate surface area is 94.5 Å². The van der Waals surface area contributed by atoms with Crippen LogP contribution < -0.4 is 0 Å². The maximum absolute atomic E-state index is 11.3. The molecular weight excluding hydrogens is 275 g/mol. The number of halogens is 3. The molecule has 0 fully saturated rings. The highest BCUT2D eigenvalue weighted by molar-refractivity contribution is 9.10. The van der Waals surface area contributed by atoms with Crippen LogP contribution in [-0.2, 0) is 0 Å². The summed E-state index contributed by atoms with van der Waals surface area (Å²) in [5.74, 6) is -0.275. The number of carbonyl (C=O) groups excluding carboxylic acids is 1. The Kier molecular flexibility index (Phi) is 3.54. The van der Waals surface area contributed by atoms with Gasteiger partial charge in [-0.15, -0.1) is 0 Å². The largest absolute Gasteiger partial charge is 0.289 e. The zero-order valence-electron chi connectivity index (χ0n) is 6.48. The average Bonchev–Trinajstić information content (AvgIpc) is 2.02. The second kappa shape index (κ2) is 4.27. The van der Waals surface area contributed by atoms with Crippen LogP contribution in [0.4, 0.5) is 0 Å². The van der Waals surface area contributed by atoms with Gasteiger partial charge in [0.25, 0.3) is 0 Å². The molecule has 1 aromatic carbocycles. The molecule has 13 heavy (non-hydrogen) atoms. The molecule has 0 amide bonds. The van der Waals surface area contributed by atoms with Crippen LogP contribution in [0.5, 0.6) is 0 Å². The minimum Gasteiger partial charge on any atom is -0.289 e. The minimum atomic E-state index is -0.275. The number of allylic oxidation sites excluding steroid dienone is 1. The van der Waals surface area contributed by atoms with Crippen molar-refractivity contribution in [3.05, 3.63) is 44.9 Å². The SMILES string of the molecule is C=CC(=O)c1c(Cl)cc(Br)cc1Cl. The third-order valence-corrected chi connectivity index (χ3v) is 2.49. The zero-order valence-corrected chi connectivity index (χ0v) is 9.58. The highest BCUT2D eigenvalue weighted by Gasteiger charge is 2.12. The molecule has 0 aliphatic heterocycles. The van der Waals surface area contributed by atoms with Gasteiger partial charge in [-0.1, -0.05) is 45.7 Å². The van der Waals surface area contributed by atoms with Crippen molar-refractivity contribution in [2.45, 2.75) is 0 Å². The molecule has 1 rings (SSSR count). The molecule has 1 nitrogen and oxygen atoms in total. The number of hydrogen-bond acceptors (Lipinski definition) is 1. The molecule has 68 valence electrons. The van der Waals surface area contributed by atoms with E-state index in [0.717, 1.165) is 4.47 Å². The van der Waals surface area contributed by atoms with Gasteiger partial charge in [0.2, 0.25) is 0 Å². The van der Waals surface area contributed by atoms with Gasteiger partial charge in [-0.05, 0) is 18.2 Å². The van der Waals surface area contributed by atoms with E-state index < -0.39 is 0 Å². The van der Waals surface area contributed by atoms with E-state index in [0.29, 0.717) is 15.6 Å². The third kappa shape index (κ3) is 2.33. The van der Waals surface area contributed by atoms with Crippen molar-refractivity contribution in [3.8, 4) is 0 Å². The van der Waals surface area contributed by atoms with Gasteiger partial charge in [0, 0.05) is 4.47 Å². The highest BCUT2D eigenvalue weighted by atomic mass is 79.9. The first-order chi connectivity index (χ1) is 6.06. The molecule has 1 aromatic rings. The van der Waals surface area contributed by atoms with Crippen LogP contribution in [0.2, 0.25) is 10.0 Å². The Morgan fingerprint density at radius 2 is 1.85 bits per heavy atom. The number of carbonyl (C=O) groups is 1.